The third-order valence-corrected chi connectivity index (χ3v) is 6.06. The number of hydrogen-bond acceptors (Lipinski definition) is 4. The van der Waals surface area contributed by atoms with Crippen molar-refractivity contribution in [3.8, 4) is 0 Å². The van der Waals surface area contributed by atoms with Gasteiger partial charge in [0.1, 0.15) is 6.04 Å². The van der Waals surface area contributed by atoms with E-state index < -0.39 is 6.04 Å². The maximum absolute atomic E-state index is 13.2. The molecular weight excluding hydrogens is 448 g/mol. The maximum atomic E-state index is 13.2. The molecule has 7 heteroatoms. The van der Waals surface area contributed by atoms with Crippen LogP contribution in [0.3, 0.4) is 0 Å². The molecule has 0 radical (unpaired) electrons. The summed E-state index contributed by atoms with van der Waals surface area (Å²) in [6, 6.07) is 15.6. The molecule has 2 aliphatic heterocycles. The summed E-state index contributed by atoms with van der Waals surface area (Å²) in [6.07, 6.45) is 1.86. The average molecular weight is 471 g/mol. The van der Waals surface area contributed by atoms with Crippen LogP contribution in [0.15, 0.2) is 59.1 Å². The van der Waals surface area contributed by atoms with E-state index in [1.807, 2.05) is 30.3 Å². The molecule has 3 amide bonds. The molecular formula is C23H23BrN2O4. The first kappa shape index (κ1) is 20.8. The van der Waals surface area contributed by atoms with E-state index in [0.29, 0.717) is 18.8 Å². The summed E-state index contributed by atoms with van der Waals surface area (Å²) >= 11 is 3.36. The van der Waals surface area contributed by atoms with Crippen molar-refractivity contribution >= 4 is 39.3 Å². The normalized spacial score (nSPS) is 21.3. The van der Waals surface area contributed by atoms with Crippen molar-refractivity contribution in [2.75, 3.05) is 18.1 Å². The summed E-state index contributed by atoms with van der Waals surface area (Å²) in [4.78, 5) is 41.9. The predicted octanol–water partition coefficient (Wildman–Crippen LogP) is 3.33. The minimum atomic E-state index is -0.804. The number of rotatable bonds is 6. The first-order valence-electron chi connectivity index (χ1n) is 10.1. The van der Waals surface area contributed by atoms with Crippen LogP contribution < -0.4 is 4.90 Å². The number of halogens is 1. The molecule has 2 unspecified atom stereocenters. The maximum Gasteiger partial charge on any atom is 0.257 e. The van der Waals surface area contributed by atoms with Gasteiger partial charge >= 0.3 is 0 Å². The Balaban J connectivity index is 1.57. The second kappa shape index (κ2) is 9.10. The Morgan fingerprint density at radius 3 is 2.50 bits per heavy atom. The smallest absolute Gasteiger partial charge is 0.257 e. The largest absolute Gasteiger partial charge is 0.376 e. The van der Waals surface area contributed by atoms with E-state index in [-0.39, 0.29) is 36.7 Å². The molecule has 0 aliphatic carbocycles. The first-order valence-corrected chi connectivity index (χ1v) is 10.9. The summed E-state index contributed by atoms with van der Waals surface area (Å²) in [5.74, 6) is -0.820. The molecule has 2 fully saturated rings. The van der Waals surface area contributed by atoms with Crippen LogP contribution in [0.25, 0.3) is 0 Å². The lowest BCUT2D eigenvalue weighted by Gasteiger charge is -2.30. The highest BCUT2D eigenvalue weighted by atomic mass is 79.9. The van der Waals surface area contributed by atoms with Gasteiger partial charge in [-0.2, -0.15) is 0 Å². The van der Waals surface area contributed by atoms with E-state index in [9.17, 15) is 14.4 Å². The van der Waals surface area contributed by atoms with Gasteiger partial charge < -0.3 is 9.64 Å². The summed E-state index contributed by atoms with van der Waals surface area (Å²) in [5.41, 5.74) is 1.39. The van der Waals surface area contributed by atoms with Gasteiger partial charge in [-0.25, -0.2) is 4.90 Å². The Morgan fingerprint density at radius 1 is 1.10 bits per heavy atom. The zero-order valence-corrected chi connectivity index (χ0v) is 18.1. The number of benzene rings is 2. The van der Waals surface area contributed by atoms with Crippen molar-refractivity contribution in [1.29, 1.82) is 0 Å². The number of carbonyl (C=O) groups is 3. The molecule has 2 heterocycles. The zero-order valence-electron chi connectivity index (χ0n) is 16.5. The number of hydrogen-bond donors (Lipinski definition) is 0. The Bertz CT molecular complexity index is 926. The highest BCUT2D eigenvalue weighted by Gasteiger charge is 2.45. The minimum absolute atomic E-state index is 0.0118. The lowest BCUT2D eigenvalue weighted by molar-refractivity contribution is -0.139. The predicted molar refractivity (Wildman–Crippen MR) is 116 cm³/mol. The fourth-order valence-corrected chi connectivity index (χ4v) is 4.27. The van der Waals surface area contributed by atoms with Gasteiger partial charge in [0, 0.05) is 17.6 Å². The molecule has 0 saturated carbocycles. The van der Waals surface area contributed by atoms with E-state index in [0.717, 1.165) is 22.9 Å². The average Bonchev–Trinajstić information content (AvgIpc) is 3.35. The summed E-state index contributed by atoms with van der Waals surface area (Å²) in [5, 5.41) is 0. The highest BCUT2D eigenvalue weighted by Crippen LogP contribution is 2.28. The Hall–Kier alpha value is -2.51. The van der Waals surface area contributed by atoms with Crippen molar-refractivity contribution < 1.29 is 19.1 Å². The molecule has 0 aromatic heterocycles. The van der Waals surface area contributed by atoms with Crippen molar-refractivity contribution in [2.45, 2.75) is 37.8 Å². The van der Waals surface area contributed by atoms with Gasteiger partial charge in [-0.15, -0.1) is 0 Å². The third kappa shape index (κ3) is 4.47. The van der Waals surface area contributed by atoms with Crippen LogP contribution in [0.2, 0.25) is 0 Å². The lowest BCUT2D eigenvalue weighted by Crippen LogP contribution is -2.49. The number of amides is 3. The first-order chi connectivity index (χ1) is 14.5. The van der Waals surface area contributed by atoms with Crippen molar-refractivity contribution in [1.82, 2.24) is 4.90 Å². The van der Waals surface area contributed by atoms with Crippen LogP contribution in [0.1, 0.15) is 24.8 Å². The molecule has 6 nitrogen and oxygen atoms in total. The molecule has 2 aromatic rings. The Kier molecular flexibility index (Phi) is 6.29. The minimum Gasteiger partial charge on any atom is -0.376 e. The van der Waals surface area contributed by atoms with Crippen LogP contribution in [-0.4, -0.2) is 47.9 Å². The van der Waals surface area contributed by atoms with Crippen molar-refractivity contribution in [3.63, 3.8) is 0 Å². The van der Waals surface area contributed by atoms with Gasteiger partial charge in [0.25, 0.3) is 5.91 Å². The molecule has 4 rings (SSSR count). The number of nitrogens with zero attached hydrogens (tertiary/aromatic N) is 2. The summed E-state index contributed by atoms with van der Waals surface area (Å²) < 4.78 is 6.58. The molecule has 2 aliphatic rings. The summed E-state index contributed by atoms with van der Waals surface area (Å²) in [6.45, 7) is 0.984. The standard InChI is InChI=1S/C23H23BrN2O4/c24-17-8-10-18(11-9-17)26-22(28)14-20(23(26)29)25(15-19-7-4-12-30-19)21(27)13-16-5-2-1-3-6-16/h1-3,5-6,8-11,19-20H,4,7,12-15H2. The van der Waals surface area contributed by atoms with Crippen LogP contribution in [0.5, 0.6) is 0 Å². The van der Waals surface area contributed by atoms with Gasteiger partial charge in [0.05, 0.1) is 24.6 Å². The van der Waals surface area contributed by atoms with E-state index in [2.05, 4.69) is 15.9 Å². The van der Waals surface area contributed by atoms with Crippen LogP contribution >= 0.6 is 15.9 Å². The van der Waals surface area contributed by atoms with E-state index in [4.69, 9.17) is 4.74 Å². The fourth-order valence-electron chi connectivity index (χ4n) is 4.00. The quantitative estimate of drug-likeness (QED) is 0.607. The molecule has 30 heavy (non-hydrogen) atoms. The monoisotopic (exact) mass is 470 g/mol. The number of carbonyl (C=O) groups excluding carboxylic acids is 3. The van der Waals surface area contributed by atoms with Crippen LogP contribution in [-0.2, 0) is 25.5 Å². The highest BCUT2D eigenvalue weighted by molar-refractivity contribution is 9.10. The molecule has 0 spiro atoms. The van der Waals surface area contributed by atoms with Gasteiger partial charge in [0.15, 0.2) is 0 Å². The SMILES string of the molecule is O=C1CC(N(CC2CCCO2)C(=O)Cc2ccccc2)C(=O)N1c1ccc(Br)cc1. The lowest BCUT2D eigenvalue weighted by atomic mass is 10.1. The number of ether oxygens (including phenoxy) is 1. The Morgan fingerprint density at radius 2 is 1.83 bits per heavy atom. The van der Waals surface area contributed by atoms with E-state index in [1.165, 1.54) is 4.90 Å². The number of imide groups is 1. The van der Waals surface area contributed by atoms with Crippen LogP contribution in [0.4, 0.5) is 5.69 Å². The van der Waals surface area contributed by atoms with Gasteiger partial charge in [-0.05, 0) is 42.7 Å². The number of anilines is 1. The molecule has 156 valence electrons. The molecule has 0 N–H and O–H groups in total. The summed E-state index contributed by atoms with van der Waals surface area (Å²) in [7, 11) is 0. The second-order valence-corrected chi connectivity index (χ2v) is 8.52. The second-order valence-electron chi connectivity index (χ2n) is 7.61. The molecule has 2 atom stereocenters. The van der Waals surface area contributed by atoms with Crippen molar-refractivity contribution in [3.05, 3.63) is 64.6 Å². The molecule has 2 aromatic carbocycles. The van der Waals surface area contributed by atoms with Crippen LogP contribution in [0, 0.1) is 0 Å². The molecule has 0 bridgehead atoms. The zero-order chi connectivity index (χ0) is 21.1. The third-order valence-electron chi connectivity index (χ3n) is 5.53. The topological polar surface area (TPSA) is 66.9 Å². The van der Waals surface area contributed by atoms with Gasteiger partial charge in [-0.3, -0.25) is 14.4 Å². The van der Waals surface area contributed by atoms with Crippen molar-refractivity contribution in [2.24, 2.45) is 0 Å². The van der Waals surface area contributed by atoms with Gasteiger partial charge in [0.2, 0.25) is 11.8 Å². The van der Waals surface area contributed by atoms with E-state index >= 15 is 0 Å². The fraction of sp³-hybridized carbons (Fsp3) is 0.348. The van der Waals surface area contributed by atoms with Gasteiger partial charge in [-0.1, -0.05) is 46.3 Å². The van der Waals surface area contributed by atoms with E-state index in [1.54, 1.807) is 29.2 Å². The molecule has 2 saturated heterocycles. The Labute approximate surface area is 183 Å².